The van der Waals surface area contributed by atoms with Crippen molar-refractivity contribution in [2.45, 2.75) is 26.4 Å². The second kappa shape index (κ2) is 4.76. The first-order valence-corrected chi connectivity index (χ1v) is 5.59. The monoisotopic (exact) mass is 253 g/mol. The van der Waals surface area contributed by atoms with Gasteiger partial charge < -0.3 is 9.72 Å². The van der Waals surface area contributed by atoms with Crippen LogP contribution in [0.1, 0.15) is 25.5 Å². The van der Waals surface area contributed by atoms with Crippen molar-refractivity contribution in [3.8, 4) is 5.75 Å². The van der Waals surface area contributed by atoms with E-state index in [2.05, 4.69) is 9.72 Å². The minimum Gasteiger partial charge on any atom is -0.435 e. The van der Waals surface area contributed by atoms with E-state index in [1.54, 1.807) is 6.07 Å². The zero-order chi connectivity index (χ0) is 13.3. The SMILES string of the molecule is CC(C)c1cc(=O)c2cc(OC(F)F)ccc2[nH]1. The molecule has 1 aromatic heterocycles. The minimum absolute atomic E-state index is 0.0136. The summed E-state index contributed by atoms with van der Waals surface area (Å²) in [5, 5.41) is 0.345. The van der Waals surface area contributed by atoms with E-state index in [0.29, 0.717) is 10.9 Å². The van der Waals surface area contributed by atoms with Crippen LogP contribution in [-0.4, -0.2) is 11.6 Å². The lowest BCUT2D eigenvalue weighted by atomic mass is 10.1. The molecule has 0 aliphatic carbocycles. The average molecular weight is 253 g/mol. The number of rotatable bonds is 3. The topological polar surface area (TPSA) is 42.1 Å². The lowest BCUT2D eigenvalue weighted by molar-refractivity contribution is -0.0497. The highest BCUT2D eigenvalue weighted by Gasteiger charge is 2.08. The summed E-state index contributed by atoms with van der Waals surface area (Å²) in [6, 6.07) is 5.79. The first-order valence-electron chi connectivity index (χ1n) is 5.59. The van der Waals surface area contributed by atoms with Gasteiger partial charge in [0, 0.05) is 22.7 Å². The molecule has 3 nitrogen and oxygen atoms in total. The maximum Gasteiger partial charge on any atom is 0.387 e. The fourth-order valence-corrected chi connectivity index (χ4v) is 1.73. The molecule has 2 rings (SSSR count). The van der Waals surface area contributed by atoms with Gasteiger partial charge in [0.25, 0.3) is 0 Å². The van der Waals surface area contributed by atoms with Crippen LogP contribution in [0.25, 0.3) is 10.9 Å². The van der Waals surface area contributed by atoms with Crippen molar-refractivity contribution in [2.75, 3.05) is 0 Å². The number of nitrogens with one attached hydrogen (secondary N) is 1. The van der Waals surface area contributed by atoms with Gasteiger partial charge in [0.1, 0.15) is 5.75 Å². The summed E-state index contributed by atoms with van der Waals surface area (Å²) in [7, 11) is 0. The van der Waals surface area contributed by atoms with E-state index >= 15 is 0 Å². The molecule has 2 aromatic rings. The van der Waals surface area contributed by atoms with E-state index in [0.717, 1.165) is 5.69 Å². The molecular weight excluding hydrogens is 240 g/mol. The highest BCUT2D eigenvalue weighted by atomic mass is 19.3. The number of pyridine rings is 1. The second-order valence-corrected chi connectivity index (χ2v) is 4.33. The Morgan fingerprint density at radius 1 is 1.22 bits per heavy atom. The molecule has 0 unspecified atom stereocenters. The fourth-order valence-electron chi connectivity index (χ4n) is 1.73. The summed E-state index contributed by atoms with van der Waals surface area (Å²) in [4.78, 5) is 15.0. The summed E-state index contributed by atoms with van der Waals surface area (Å²) in [5.41, 5.74) is 1.23. The van der Waals surface area contributed by atoms with Gasteiger partial charge in [-0.3, -0.25) is 4.79 Å². The normalized spacial score (nSPS) is 11.4. The number of alkyl halides is 2. The van der Waals surface area contributed by atoms with Crippen LogP contribution in [0.2, 0.25) is 0 Å². The third-order valence-electron chi connectivity index (χ3n) is 2.67. The first kappa shape index (κ1) is 12.5. The Bertz CT molecular complexity index is 620. The molecule has 1 N–H and O–H groups in total. The van der Waals surface area contributed by atoms with Crippen LogP contribution in [-0.2, 0) is 0 Å². The van der Waals surface area contributed by atoms with Gasteiger partial charge in [0.15, 0.2) is 5.43 Å². The minimum atomic E-state index is -2.89. The van der Waals surface area contributed by atoms with E-state index < -0.39 is 6.61 Å². The molecular formula is C13H13F2NO2. The number of halogens is 2. The van der Waals surface area contributed by atoms with Gasteiger partial charge in [-0.2, -0.15) is 8.78 Å². The first-order chi connectivity index (χ1) is 8.47. The standard InChI is InChI=1S/C13H13F2NO2/c1-7(2)11-6-12(17)9-5-8(18-13(14)15)3-4-10(9)16-11/h3-7,13H,1-2H3,(H,16,17). The maximum atomic E-state index is 12.1. The number of benzene rings is 1. The third kappa shape index (κ3) is 2.50. The van der Waals surface area contributed by atoms with Crippen molar-refractivity contribution in [3.05, 3.63) is 40.2 Å². The van der Waals surface area contributed by atoms with Gasteiger partial charge in [0.2, 0.25) is 0 Å². The van der Waals surface area contributed by atoms with E-state index in [9.17, 15) is 13.6 Å². The number of hydrogen-bond donors (Lipinski definition) is 1. The van der Waals surface area contributed by atoms with Crippen LogP contribution in [0, 0.1) is 0 Å². The zero-order valence-corrected chi connectivity index (χ0v) is 10.0. The van der Waals surface area contributed by atoms with Gasteiger partial charge in [0.05, 0.1) is 0 Å². The number of hydrogen-bond acceptors (Lipinski definition) is 2. The predicted octanol–water partition coefficient (Wildman–Crippen LogP) is 3.25. The molecule has 0 bridgehead atoms. The molecule has 0 spiro atoms. The summed E-state index contributed by atoms with van der Waals surface area (Å²) < 4.78 is 28.4. The Hall–Kier alpha value is -1.91. The summed E-state index contributed by atoms with van der Waals surface area (Å²) in [6.45, 7) is 1.04. The Kier molecular flexibility index (Phi) is 3.32. The molecule has 0 fully saturated rings. The number of H-pyrrole nitrogens is 1. The van der Waals surface area contributed by atoms with Crippen molar-refractivity contribution >= 4 is 10.9 Å². The van der Waals surface area contributed by atoms with E-state index in [4.69, 9.17) is 0 Å². The van der Waals surface area contributed by atoms with Crippen LogP contribution >= 0.6 is 0 Å². The van der Waals surface area contributed by atoms with Gasteiger partial charge in [-0.05, 0) is 24.1 Å². The van der Waals surface area contributed by atoms with Crippen molar-refractivity contribution in [3.63, 3.8) is 0 Å². The number of aromatic amines is 1. The van der Waals surface area contributed by atoms with Gasteiger partial charge in [-0.25, -0.2) is 0 Å². The highest BCUT2D eigenvalue weighted by molar-refractivity contribution is 5.80. The molecule has 0 aliphatic rings. The third-order valence-corrected chi connectivity index (χ3v) is 2.67. The molecule has 5 heteroatoms. The fraction of sp³-hybridized carbons (Fsp3) is 0.308. The lowest BCUT2D eigenvalue weighted by Gasteiger charge is -2.09. The molecule has 0 saturated heterocycles. The van der Waals surface area contributed by atoms with Crippen molar-refractivity contribution in [1.82, 2.24) is 4.98 Å². The molecule has 0 radical (unpaired) electrons. The van der Waals surface area contributed by atoms with E-state index in [1.807, 2.05) is 13.8 Å². The number of ether oxygens (including phenoxy) is 1. The molecule has 0 atom stereocenters. The van der Waals surface area contributed by atoms with Gasteiger partial charge in [-0.1, -0.05) is 13.8 Å². The van der Waals surface area contributed by atoms with Crippen molar-refractivity contribution in [1.29, 1.82) is 0 Å². The van der Waals surface area contributed by atoms with Crippen LogP contribution in [0.15, 0.2) is 29.1 Å². The summed E-state index contributed by atoms with van der Waals surface area (Å²) >= 11 is 0. The summed E-state index contributed by atoms with van der Waals surface area (Å²) in [6.07, 6.45) is 0. The van der Waals surface area contributed by atoms with Crippen LogP contribution < -0.4 is 10.2 Å². The molecule has 1 aromatic carbocycles. The molecule has 0 aliphatic heterocycles. The highest BCUT2D eigenvalue weighted by Crippen LogP contribution is 2.20. The van der Waals surface area contributed by atoms with Crippen LogP contribution in [0.5, 0.6) is 5.75 Å². The molecule has 0 saturated carbocycles. The molecule has 1 heterocycles. The smallest absolute Gasteiger partial charge is 0.387 e. The number of fused-ring (bicyclic) bond motifs is 1. The Labute approximate surface area is 102 Å². The molecule has 18 heavy (non-hydrogen) atoms. The quantitative estimate of drug-likeness (QED) is 0.912. The predicted molar refractivity (Wildman–Crippen MR) is 65.3 cm³/mol. The van der Waals surface area contributed by atoms with E-state index in [1.165, 1.54) is 18.2 Å². The number of aromatic nitrogens is 1. The molecule has 96 valence electrons. The maximum absolute atomic E-state index is 12.1. The Balaban J connectivity index is 2.55. The zero-order valence-electron chi connectivity index (χ0n) is 10.0. The van der Waals surface area contributed by atoms with Crippen LogP contribution in [0.4, 0.5) is 8.78 Å². The van der Waals surface area contributed by atoms with Crippen molar-refractivity contribution < 1.29 is 13.5 Å². The van der Waals surface area contributed by atoms with E-state index in [-0.39, 0.29) is 17.1 Å². The van der Waals surface area contributed by atoms with Crippen LogP contribution in [0.3, 0.4) is 0 Å². The summed E-state index contributed by atoms with van der Waals surface area (Å²) in [5.74, 6) is 0.180. The average Bonchev–Trinajstić information content (AvgIpc) is 2.28. The lowest BCUT2D eigenvalue weighted by Crippen LogP contribution is -2.07. The second-order valence-electron chi connectivity index (χ2n) is 4.33. The molecule has 0 amide bonds. The Morgan fingerprint density at radius 3 is 2.56 bits per heavy atom. The largest absolute Gasteiger partial charge is 0.435 e. The van der Waals surface area contributed by atoms with Crippen molar-refractivity contribution in [2.24, 2.45) is 0 Å². The Morgan fingerprint density at radius 2 is 1.94 bits per heavy atom. The van der Waals surface area contributed by atoms with Gasteiger partial charge in [-0.15, -0.1) is 0 Å². The van der Waals surface area contributed by atoms with Gasteiger partial charge >= 0.3 is 6.61 Å².